The van der Waals surface area contributed by atoms with Crippen molar-refractivity contribution < 1.29 is 28.8 Å². The lowest BCUT2D eigenvalue weighted by Crippen LogP contribution is -2.26. The van der Waals surface area contributed by atoms with E-state index in [0.29, 0.717) is 38.6 Å². The molecule has 0 bridgehead atoms. The molecule has 1 atom stereocenters. The summed E-state index contributed by atoms with van der Waals surface area (Å²) in [5, 5.41) is 9.20. The monoisotopic (exact) mass is 452 g/mol. The van der Waals surface area contributed by atoms with Gasteiger partial charge in [-0.2, -0.15) is 0 Å². The van der Waals surface area contributed by atoms with Crippen molar-refractivity contribution in [1.29, 1.82) is 0 Å². The van der Waals surface area contributed by atoms with Gasteiger partial charge in [-0.25, -0.2) is 4.79 Å². The Morgan fingerprint density at radius 2 is 1.58 bits per heavy atom. The quantitative estimate of drug-likeness (QED) is 0.462. The molecule has 6 nitrogen and oxygen atoms in total. The number of aliphatic carboxylic acids is 1. The Morgan fingerprint density at radius 1 is 0.939 bits per heavy atom. The maximum absolute atomic E-state index is 11.2. The highest BCUT2D eigenvalue weighted by Crippen LogP contribution is 2.23. The van der Waals surface area contributed by atoms with Crippen LogP contribution < -0.4 is 14.2 Å². The standard InChI is InChI=1S/C27H32O6/c1-5-30-24-16-22(17-25(19-24)31-6-2)9-8-20(4)14-15-33-23-12-10-21(11-13-23)18-26(27(28)29)32-7-3/h10-14,16-17,19,26H,5-7,15,18H2,1-4H3,(H,28,29)/b20-14-. The van der Waals surface area contributed by atoms with Gasteiger partial charge in [0, 0.05) is 24.7 Å². The minimum atomic E-state index is -0.961. The van der Waals surface area contributed by atoms with Crippen LogP contribution in [-0.2, 0) is 16.0 Å². The second-order valence-corrected chi connectivity index (χ2v) is 7.14. The molecular formula is C27H32O6. The number of hydrogen-bond acceptors (Lipinski definition) is 5. The first-order chi connectivity index (χ1) is 15.9. The number of hydrogen-bond donors (Lipinski definition) is 1. The van der Waals surface area contributed by atoms with Gasteiger partial charge in [0.1, 0.15) is 23.9 Å². The zero-order chi connectivity index (χ0) is 24.1. The molecule has 0 spiro atoms. The van der Waals surface area contributed by atoms with Crippen molar-refractivity contribution in [1.82, 2.24) is 0 Å². The Labute approximate surface area is 196 Å². The average molecular weight is 453 g/mol. The van der Waals surface area contributed by atoms with Crippen LogP contribution in [0.5, 0.6) is 17.2 Å². The summed E-state index contributed by atoms with van der Waals surface area (Å²) in [6.45, 7) is 9.47. The smallest absolute Gasteiger partial charge is 0.333 e. The average Bonchev–Trinajstić information content (AvgIpc) is 2.79. The molecule has 2 aromatic rings. The number of rotatable bonds is 12. The van der Waals surface area contributed by atoms with Crippen LogP contribution in [0.2, 0.25) is 0 Å². The summed E-state index contributed by atoms with van der Waals surface area (Å²) in [6, 6.07) is 13.0. The third-order valence-electron chi connectivity index (χ3n) is 4.53. The van der Waals surface area contributed by atoms with E-state index in [-0.39, 0.29) is 0 Å². The second kappa shape index (κ2) is 13.9. The maximum Gasteiger partial charge on any atom is 0.333 e. The van der Waals surface area contributed by atoms with Gasteiger partial charge in [0.2, 0.25) is 0 Å². The molecule has 0 aromatic heterocycles. The second-order valence-electron chi connectivity index (χ2n) is 7.14. The number of allylic oxidation sites excluding steroid dienone is 1. The summed E-state index contributed by atoms with van der Waals surface area (Å²) in [5.74, 6) is 7.47. The first kappa shape index (κ1) is 25.8. The van der Waals surface area contributed by atoms with Crippen molar-refractivity contribution in [2.75, 3.05) is 26.4 Å². The Morgan fingerprint density at radius 3 is 2.12 bits per heavy atom. The van der Waals surface area contributed by atoms with E-state index >= 15 is 0 Å². The van der Waals surface area contributed by atoms with Crippen LogP contribution >= 0.6 is 0 Å². The Balaban J connectivity index is 1.95. The molecule has 33 heavy (non-hydrogen) atoms. The normalized spacial score (nSPS) is 11.8. The molecule has 0 saturated carbocycles. The largest absolute Gasteiger partial charge is 0.494 e. The summed E-state index contributed by atoms with van der Waals surface area (Å²) in [7, 11) is 0. The van der Waals surface area contributed by atoms with E-state index in [1.807, 2.05) is 69.3 Å². The van der Waals surface area contributed by atoms with E-state index < -0.39 is 12.1 Å². The summed E-state index contributed by atoms with van der Waals surface area (Å²) in [6.07, 6.45) is 1.38. The predicted molar refractivity (Wildman–Crippen MR) is 128 cm³/mol. The maximum atomic E-state index is 11.2. The summed E-state index contributed by atoms with van der Waals surface area (Å²) in [4.78, 5) is 11.2. The Kier molecular flexibility index (Phi) is 10.9. The van der Waals surface area contributed by atoms with Crippen molar-refractivity contribution >= 4 is 5.97 Å². The predicted octanol–water partition coefficient (Wildman–Crippen LogP) is 4.89. The topological polar surface area (TPSA) is 74.2 Å². The molecule has 0 heterocycles. The lowest BCUT2D eigenvalue weighted by atomic mass is 10.1. The number of benzene rings is 2. The molecule has 0 amide bonds. The molecule has 0 saturated heterocycles. The van der Waals surface area contributed by atoms with Gasteiger partial charge in [-0.05, 0) is 69.2 Å². The molecule has 176 valence electrons. The van der Waals surface area contributed by atoms with Crippen LogP contribution in [0.25, 0.3) is 0 Å². The van der Waals surface area contributed by atoms with Crippen LogP contribution in [0.3, 0.4) is 0 Å². The van der Waals surface area contributed by atoms with E-state index in [0.717, 1.165) is 28.2 Å². The molecule has 0 fully saturated rings. The number of carbonyl (C=O) groups is 1. The molecule has 6 heteroatoms. The third kappa shape index (κ3) is 9.30. The Bertz CT molecular complexity index is 958. The molecule has 0 aliphatic rings. The van der Waals surface area contributed by atoms with Crippen LogP contribution in [0.4, 0.5) is 0 Å². The molecule has 1 unspecified atom stereocenters. The lowest BCUT2D eigenvalue weighted by molar-refractivity contribution is -0.149. The zero-order valence-corrected chi connectivity index (χ0v) is 19.7. The minimum absolute atomic E-state index is 0.313. The van der Waals surface area contributed by atoms with Gasteiger partial charge in [0.15, 0.2) is 6.10 Å². The van der Waals surface area contributed by atoms with Gasteiger partial charge in [-0.15, -0.1) is 0 Å². The van der Waals surface area contributed by atoms with E-state index in [2.05, 4.69) is 11.8 Å². The van der Waals surface area contributed by atoms with E-state index in [1.165, 1.54) is 0 Å². The van der Waals surface area contributed by atoms with E-state index in [9.17, 15) is 9.90 Å². The molecular weight excluding hydrogens is 420 g/mol. The summed E-state index contributed by atoms with van der Waals surface area (Å²) in [5.41, 5.74) is 2.58. The SMILES string of the molecule is CCOc1cc(C#C/C(C)=C\COc2ccc(CC(OCC)C(=O)O)cc2)cc(OCC)c1. The number of ether oxygens (including phenoxy) is 4. The van der Waals surface area contributed by atoms with Gasteiger partial charge < -0.3 is 24.1 Å². The fourth-order valence-corrected chi connectivity index (χ4v) is 2.98. The van der Waals surface area contributed by atoms with Gasteiger partial charge in [0.05, 0.1) is 13.2 Å². The first-order valence-electron chi connectivity index (χ1n) is 11.1. The van der Waals surface area contributed by atoms with Crippen molar-refractivity contribution in [3.8, 4) is 29.1 Å². The van der Waals surface area contributed by atoms with Crippen LogP contribution in [-0.4, -0.2) is 43.6 Å². The van der Waals surface area contributed by atoms with E-state index in [4.69, 9.17) is 18.9 Å². The molecule has 2 rings (SSSR count). The van der Waals surface area contributed by atoms with Crippen molar-refractivity contribution in [3.05, 3.63) is 65.2 Å². The lowest BCUT2D eigenvalue weighted by Gasteiger charge is -2.12. The first-order valence-corrected chi connectivity index (χ1v) is 11.1. The van der Waals surface area contributed by atoms with Gasteiger partial charge in [-0.3, -0.25) is 0 Å². The van der Waals surface area contributed by atoms with E-state index in [1.54, 1.807) is 6.92 Å². The number of carboxylic acid groups (broad SMARTS) is 1. The fraction of sp³-hybridized carbons (Fsp3) is 0.370. The van der Waals surface area contributed by atoms with Gasteiger partial charge in [-0.1, -0.05) is 24.0 Å². The molecule has 0 aliphatic heterocycles. The highest BCUT2D eigenvalue weighted by Gasteiger charge is 2.17. The van der Waals surface area contributed by atoms with Crippen molar-refractivity contribution in [2.24, 2.45) is 0 Å². The fourth-order valence-electron chi connectivity index (χ4n) is 2.98. The molecule has 2 aromatic carbocycles. The van der Waals surface area contributed by atoms with Crippen LogP contribution in [0.1, 0.15) is 38.8 Å². The van der Waals surface area contributed by atoms with Gasteiger partial charge in [0.25, 0.3) is 0 Å². The van der Waals surface area contributed by atoms with Gasteiger partial charge >= 0.3 is 5.97 Å². The highest BCUT2D eigenvalue weighted by molar-refractivity contribution is 5.72. The minimum Gasteiger partial charge on any atom is -0.494 e. The molecule has 0 aliphatic carbocycles. The summed E-state index contributed by atoms with van der Waals surface area (Å²) >= 11 is 0. The third-order valence-corrected chi connectivity index (χ3v) is 4.53. The summed E-state index contributed by atoms with van der Waals surface area (Å²) < 4.78 is 22.2. The van der Waals surface area contributed by atoms with Crippen LogP contribution in [0, 0.1) is 11.8 Å². The van der Waals surface area contributed by atoms with Crippen LogP contribution in [0.15, 0.2) is 54.1 Å². The zero-order valence-electron chi connectivity index (χ0n) is 19.7. The Hall–Kier alpha value is -3.43. The van der Waals surface area contributed by atoms with Crippen molar-refractivity contribution in [3.63, 3.8) is 0 Å². The van der Waals surface area contributed by atoms with Crippen molar-refractivity contribution in [2.45, 2.75) is 40.2 Å². The molecule has 1 N–H and O–H groups in total. The molecule has 0 radical (unpaired) electrons. The number of carboxylic acids is 1. The highest BCUT2D eigenvalue weighted by atomic mass is 16.5.